The van der Waals surface area contributed by atoms with Gasteiger partial charge in [-0.3, -0.25) is 0 Å². The predicted octanol–water partition coefficient (Wildman–Crippen LogP) is 4.69. The molecule has 0 unspecified atom stereocenters. The van der Waals surface area contributed by atoms with Crippen LogP contribution in [0.1, 0.15) is 12.5 Å². The summed E-state index contributed by atoms with van der Waals surface area (Å²) in [5.74, 6) is 5.33. The van der Waals surface area contributed by atoms with E-state index in [2.05, 4.69) is 27.8 Å². The van der Waals surface area contributed by atoms with Gasteiger partial charge in [-0.05, 0) is 41.1 Å². The van der Waals surface area contributed by atoms with Crippen molar-refractivity contribution >= 4 is 33.2 Å². The van der Waals surface area contributed by atoms with E-state index in [9.17, 15) is 13.2 Å². The summed E-state index contributed by atoms with van der Waals surface area (Å²) >= 11 is 3.17. The van der Waals surface area contributed by atoms with Crippen molar-refractivity contribution in [2.45, 2.75) is 17.5 Å². The third-order valence-corrected chi connectivity index (χ3v) is 3.70. The number of aromatic nitrogens is 1. The molecule has 2 heterocycles. The van der Waals surface area contributed by atoms with Gasteiger partial charge in [-0.15, -0.1) is 5.92 Å². The van der Waals surface area contributed by atoms with Crippen molar-refractivity contribution in [2.24, 2.45) is 0 Å². The molecule has 0 radical (unpaired) electrons. The molecule has 0 N–H and O–H groups in total. The van der Waals surface area contributed by atoms with Crippen LogP contribution in [0, 0.1) is 11.8 Å². The van der Waals surface area contributed by atoms with Gasteiger partial charge in [0.05, 0.1) is 11.1 Å². The smallest absolute Gasteiger partial charge is 0.309 e. The largest absolute Gasteiger partial charge is 0.447 e. The van der Waals surface area contributed by atoms with Crippen LogP contribution in [0.5, 0.6) is 0 Å². The Bertz CT molecular complexity index is 649. The maximum atomic E-state index is 12.6. The molecule has 0 bridgehead atoms. The van der Waals surface area contributed by atoms with Crippen molar-refractivity contribution in [3.05, 3.63) is 34.4 Å². The highest BCUT2D eigenvalue weighted by Gasteiger charge is 2.32. The minimum atomic E-state index is -4.33. The van der Waals surface area contributed by atoms with Crippen LogP contribution in [0.15, 0.2) is 33.9 Å². The fraction of sp³-hybridized carbons (Fsp3) is 0.167. The van der Waals surface area contributed by atoms with Crippen LogP contribution < -0.4 is 0 Å². The minimum Gasteiger partial charge on any atom is -0.309 e. The first-order valence-electron chi connectivity index (χ1n) is 4.90. The van der Waals surface area contributed by atoms with E-state index in [1.165, 1.54) is 4.40 Å². The number of nitrogens with zero attached hydrogens (tertiary/aromatic N) is 1. The molecule has 94 valence electrons. The van der Waals surface area contributed by atoms with Crippen LogP contribution in [0.4, 0.5) is 13.2 Å². The summed E-state index contributed by atoms with van der Waals surface area (Å²) in [5.41, 5.74) is -3.28. The Morgan fingerprint density at radius 2 is 2.11 bits per heavy atom. The van der Waals surface area contributed by atoms with E-state index in [0.29, 0.717) is 11.1 Å². The van der Waals surface area contributed by atoms with Crippen LogP contribution in [0.3, 0.4) is 0 Å². The van der Waals surface area contributed by atoms with Crippen LogP contribution in [0.25, 0.3) is 5.52 Å². The van der Waals surface area contributed by atoms with Crippen molar-refractivity contribution in [1.29, 1.82) is 0 Å². The summed E-state index contributed by atoms with van der Waals surface area (Å²) in [6.45, 7) is 1.60. The first-order chi connectivity index (χ1) is 8.42. The van der Waals surface area contributed by atoms with Gasteiger partial charge in [0.15, 0.2) is 0 Å². The lowest BCUT2D eigenvalue weighted by Crippen LogP contribution is -2.01. The fourth-order valence-electron chi connectivity index (χ4n) is 1.58. The molecule has 0 atom stereocenters. The summed E-state index contributed by atoms with van der Waals surface area (Å²) in [7, 11) is 0. The van der Waals surface area contributed by atoms with Crippen molar-refractivity contribution in [3.63, 3.8) is 0 Å². The molecule has 2 aromatic rings. The number of fused-ring (bicyclic) bond motifs is 1. The number of hydrogen-bond acceptors (Lipinski definition) is 1. The molecule has 0 fully saturated rings. The van der Waals surface area contributed by atoms with E-state index in [1.807, 2.05) is 0 Å². The van der Waals surface area contributed by atoms with Crippen LogP contribution in [-0.4, -0.2) is 9.91 Å². The van der Waals surface area contributed by atoms with E-state index in [1.54, 1.807) is 31.3 Å². The normalized spacial score (nSPS) is 11.4. The van der Waals surface area contributed by atoms with Gasteiger partial charge in [0.2, 0.25) is 0 Å². The van der Waals surface area contributed by atoms with E-state index in [0.717, 1.165) is 4.47 Å². The molecule has 0 saturated heterocycles. The second-order valence-electron chi connectivity index (χ2n) is 3.40. The average molecular weight is 334 g/mol. The summed E-state index contributed by atoms with van der Waals surface area (Å²) in [6.07, 6.45) is 1.59. The molecule has 0 aromatic carbocycles. The van der Waals surface area contributed by atoms with Gasteiger partial charge in [-0.2, -0.15) is 13.2 Å². The third kappa shape index (κ3) is 2.68. The lowest BCUT2D eigenvalue weighted by molar-refractivity contribution is -0.0329. The summed E-state index contributed by atoms with van der Waals surface area (Å²) in [6, 6.07) is 5.11. The highest BCUT2D eigenvalue weighted by atomic mass is 79.9. The van der Waals surface area contributed by atoms with E-state index in [4.69, 9.17) is 0 Å². The number of rotatable bonds is 1. The van der Waals surface area contributed by atoms with Crippen LogP contribution >= 0.6 is 27.7 Å². The minimum absolute atomic E-state index is 0.0909. The molecular formula is C12H7BrF3NS. The summed E-state index contributed by atoms with van der Waals surface area (Å²) in [4.78, 5) is 0. The van der Waals surface area contributed by atoms with Gasteiger partial charge < -0.3 is 4.40 Å². The lowest BCUT2D eigenvalue weighted by atomic mass is 10.3. The number of thioether (sulfide) groups is 1. The lowest BCUT2D eigenvalue weighted by Gasteiger charge is -2.07. The van der Waals surface area contributed by atoms with Gasteiger partial charge in [-0.1, -0.05) is 5.92 Å². The molecule has 0 spiro atoms. The predicted molar refractivity (Wildman–Crippen MR) is 69.6 cm³/mol. The van der Waals surface area contributed by atoms with Crippen LogP contribution in [-0.2, 0) is 0 Å². The second-order valence-corrected chi connectivity index (χ2v) is 5.31. The molecule has 6 heteroatoms. The van der Waals surface area contributed by atoms with Crippen molar-refractivity contribution < 1.29 is 13.2 Å². The number of pyridine rings is 1. The zero-order valence-corrected chi connectivity index (χ0v) is 11.6. The summed E-state index contributed by atoms with van der Waals surface area (Å²) in [5, 5.41) is 0.0909. The Morgan fingerprint density at radius 3 is 2.72 bits per heavy atom. The molecule has 18 heavy (non-hydrogen) atoms. The molecule has 0 aliphatic carbocycles. The van der Waals surface area contributed by atoms with Gasteiger partial charge >= 0.3 is 5.51 Å². The van der Waals surface area contributed by atoms with Gasteiger partial charge in [0.25, 0.3) is 0 Å². The highest BCUT2D eigenvalue weighted by molar-refractivity contribution is 9.10. The molecule has 0 saturated carbocycles. The average Bonchev–Trinajstić information content (AvgIpc) is 2.58. The fourth-order valence-corrected chi connectivity index (χ4v) is 2.73. The van der Waals surface area contributed by atoms with Crippen LogP contribution in [0.2, 0.25) is 0 Å². The molecule has 1 nitrogen and oxygen atoms in total. The zero-order valence-electron chi connectivity index (χ0n) is 9.18. The first-order valence-corrected chi connectivity index (χ1v) is 6.51. The standard InChI is InChI=1S/C12H7BrF3NS/c1-2-4-8-7-10-9(13)5-3-6-17(10)11(8)18-12(14,15)16/h3,5-7H,1H3. The Hall–Kier alpha value is -1.06. The van der Waals surface area contributed by atoms with Crippen molar-refractivity contribution in [1.82, 2.24) is 4.40 Å². The number of hydrogen-bond donors (Lipinski definition) is 0. The first kappa shape index (κ1) is 13.4. The molecule has 2 aromatic heterocycles. The third-order valence-electron chi connectivity index (χ3n) is 2.18. The Morgan fingerprint density at radius 1 is 1.39 bits per heavy atom. The quantitative estimate of drug-likeness (QED) is 0.541. The van der Waals surface area contributed by atoms with Gasteiger partial charge in [0, 0.05) is 22.4 Å². The Balaban J connectivity index is 2.69. The van der Waals surface area contributed by atoms with Gasteiger partial charge in [-0.25, -0.2) is 0 Å². The number of alkyl halides is 3. The maximum Gasteiger partial charge on any atom is 0.447 e. The molecular weight excluding hydrogens is 327 g/mol. The number of halogens is 4. The van der Waals surface area contributed by atoms with Crippen molar-refractivity contribution in [2.75, 3.05) is 0 Å². The van der Waals surface area contributed by atoms with Crippen molar-refractivity contribution in [3.8, 4) is 11.8 Å². The monoisotopic (exact) mass is 333 g/mol. The highest BCUT2D eigenvalue weighted by Crippen LogP contribution is 2.40. The molecule has 0 amide bonds. The van der Waals surface area contributed by atoms with E-state index < -0.39 is 5.51 Å². The Kier molecular flexibility index (Phi) is 3.64. The molecule has 0 aliphatic rings. The Labute approximate surface area is 114 Å². The zero-order chi connectivity index (χ0) is 13.3. The van der Waals surface area contributed by atoms with Gasteiger partial charge in [0.1, 0.15) is 5.03 Å². The van der Waals surface area contributed by atoms with E-state index >= 15 is 0 Å². The topological polar surface area (TPSA) is 4.41 Å². The van der Waals surface area contributed by atoms with E-state index in [-0.39, 0.29) is 16.8 Å². The second kappa shape index (κ2) is 4.90. The molecule has 2 rings (SSSR count). The summed E-state index contributed by atoms with van der Waals surface area (Å²) < 4.78 is 39.9. The SMILES string of the molecule is CC#Cc1cc2c(Br)cccn2c1SC(F)(F)F. The maximum absolute atomic E-state index is 12.6. The molecule has 0 aliphatic heterocycles.